The van der Waals surface area contributed by atoms with E-state index in [1.165, 1.54) is 19.5 Å². The standard InChI is InChI=1S/C20H29N3O/c1-15-10-16(2)14-23(13-15)9-5-8-21-20(24)11-17-12-22-19-7-4-3-6-18(17)19/h3-4,6-7,12,15-16,22H,5,8-11,13-14H2,1-2H3,(H,21,24)/t15-,16-/m1/s1. The van der Waals surface area contributed by atoms with Crippen molar-refractivity contribution in [2.75, 3.05) is 26.2 Å². The monoisotopic (exact) mass is 327 g/mol. The van der Waals surface area contributed by atoms with Crippen molar-refractivity contribution in [3.8, 4) is 0 Å². The third-order valence-electron chi connectivity index (χ3n) is 4.94. The number of piperidine rings is 1. The van der Waals surface area contributed by atoms with Crippen molar-refractivity contribution in [3.05, 3.63) is 36.0 Å². The zero-order chi connectivity index (χ0) is 16.9. The largest absolute Gasteiger partial charge is 0.361 e. The zero-order valence-corrected chi connectivity index (χ0v) is 14.8. The average molecular weight is 327 g/mol. The van der Waals surface area contributed by atoms with Crippen LogP contribution in [0.4, 0.5) is 0 Å². The molecule has 0 aliphatic carbocycles. The second-order valence-electron chi connectivity index (χ2n) is 7.45. The minimum absolute atomic E-state index is 0.111. The number of H-pyrrole nitrogens is 1. The Morgan fingerprint density at radius 2 is 2.00 bits per heavy atom. The highest BCUT2D eigenvalue weighted by atomic mass is 16.1. The Bertz CT molecular complexity index is 668. The summed E-state index contributed by atoms with van der Waals surface area (Å²) in [6, 6.07) is 8.12. The molecule has 2 aromatic rings. The third kappa shape index (κ3) is 4.38. The Kier molecular flexibility index (Phi) is 5.56. The predicted molar refractivity (Wildman–Crippen MR) is 99.0 cm³/mol. The van der Waals surface area contributed by atoms with E-state index in [9.17, 15) is 4.79 Å². The number of carbonyl (C=O) groups is 1. The summed E-state index contributed by atoms with van der Waals surface area (Å²) in [6.07, 6.45) is 4.76. The SMILES string of the molecule is C[C@@H]1C[C@@H](C)CN(CCCNC(=O)Cc2c[nH]c3ccccc23)C1. The van der Waals surface area contributed by atoms with E-state index < -0.39 is 0 Å². The number of benzene rings is 1. The first-order valence-corrected chi connectivity index (χ1v) is 9.16. The molecule has 2 atom stereocenters. The lowest BCUT2D eigenvalue weighted by molar-refractivity contribution is -0.120. The fourth-order valence-corrected chi connectivity index (χ4v) is 4.02. The number of hydrogen-bond acceptors (Lipinski definition) is 2. The minimum atomic E-state index is 0.111. The Morgan fingerprint density at radius 3 is 2.79 bits per heavy atom. The summed E-state index contributed by atoms with van der Waals surface area (Å²) in [5.41, 5.74) is 2.16. The number of aromatic nitrogens is 1. The number of nitrogens with one attached hydrogen (secondary N) is 2. The third-order valence-corrected chi connectivity index (χ3v) is 4.94. The lowest BCUT2D eigenvalue weighted by atomic mass is 9.92. The van der Waals surface area contributed by atoms with Gasteiger partial charge in [-0.15, -0.1) is 0 Å². The van der Waals surface area contributed by atoms with Crippen LogP contribution in [0.15, 0.2) is 30.5 Å². The van der Waals surface area contributed by atoms with Gasteiger partial charge in [0.1, 0.15) is 0 Å². The highest BCUT2D eigenvalue weighted by Gasteiger charge is 2.21. The molecule has 2 N–H and O–H groups in total. The Morgan fingerprint density at radius 1 is 1.25 bits per heavy atom. The molecule has 130 valence electrons. The van der Waals surface area contributed by atoms with Gasteiger partial charge in [-0.2, -0.15) is 0 Å². The van der Waals surface area contributed by atoms with Crippen LogP contribution < -0.4 is 5.32 Å². The Hall–Kier alpha value is -1.81. The minimum Gasteiger partial charge on any atom is -0.361 e. The van der Waals surface area contributed by atoms with Crippen LogP contribution in [0.1, 0.15) is 32.3 Å². The summed E-state index contributed by atoms with van der Waals surface area (Å²) < 4.78 is 0. The summed E-state index contributed by atoms with van der Waals surface area (Å²) in [5, 5.41) is 4.21. The fraction of sp³-hybridized carbons (Fsp3) is 0.550. The molecule has 0 bridgehead atoms. The molecule has 0 spiro atoms. The highest BCUT2D eigenvalue weighted by Crippen LogP contribution is 2.21. The van der Waals surface area contributed by atoms with Crippen LogP contribution in [0.2, 0.25) is 0 Å². The maximum absolute atomic E-state index is 12.2. The van der Waals surface area contributed by atoms with Crippen molar-refractivity contribution in [2.24, 2.45) is 11.8 Å². The van der Waals surface area contributed by atoms with Gasteiger partial charge in [-0.05, 0) is 42.9 Å². The van der Waals surface area contributed by atoms with E-state index in [0.29, 0.717) is 6.42 Å². The van der Waals surface area contributed by atoms with Gasteiger partial charge in [-0.3, -0.25) is 4.79 Å². The van der Waals surface area contributed by atoms with Crippen LogP contribution in [0.5, 0.6) is 0 Å². The molecule has 0 saturated carbocycles. The molecule has 1 aromatic heterocycles. The summed E-state index contributed by atoms with van der Waals surface area (Å²) in [7, 11) is 0. The maximum atomic E-state index is 12.2. The average Bonchev–Trinajstić information content (AvgIpc) is 2.94. The normalized spacial score (nSPS) is 21.9. The van der Waals surface area contributed by atoms with Crippen molar-refractivity contribution < 1.29 is 4.79 Å². The van der Waals surface area contributed by atoms with E-state index in [1.807, 2.05) is 24.4 Å². The first-order valence-electron chi connectivity index (χ1n) is 9.16. The number of aromatic amines is 1. The van der Waals surface area contributed by atoms with Gasteiger partial charge >= 0.3 is 0 Å². The van der Waals surface area contributed by atoms with E-state index in [4.69, 9.17) is 0 Å². The summed E-state index contributed by atoms with van der Waals surface area (Å²) in [4.78, 5) is 17.9. The molecular weight excluding hydrogens is 298 g/mol. The topological polar surface area (TPSA) is 48.1 Å². The van der Waals surface area contributed by atoms with Crippen LogP contribution in [0.25, 0.3) is 10.9 Å². The van der Waals surface area contributed by atoms with Gasteiger partial charge in [0.2, 0.25) is 5.91 Å². The first-order chi connectivity index (χ1) is 11.6. The van der Waals surface area contributed by atoms with Crippen molar-refractivity contribution >= 4 is 16.8 Å². The van der Waals surface area contributed by atoms with Crippen molar-refractivity contribution in [2.45, 2.75) is 33.1 Å². The molecule has 0 unspecified atom stereocenters. The van der Waals surface area contributed by atoms with Crippen molar-refractivity contribution in [1.29, 1.82) is 0 Å². The molecule has 4 heteroatoms. The number of hydrogen-bond donors (Lipinski definition) is 2. The molecule has 0 radical (unpaired) electrons. The molecule has 1 aliphatic heterocycles. The van der Waals surface area contributed by atoms with Crippen LogP contribution in [0.3, 0.4) is 0 Å². The predicted octanol–water partition coefficient (Wildman–Crippen LogP) is 3.19. The van der Waals surface area contributed by atoms with Gasteiger partial charge in [0.15, 0.2) is 0 Å². The molecule has 3 rings (SSSR count). The molecule has 2 heterocycles. The smallest absolute Gasteiger partial charge is 0.224 e. The van der Waals surface area contributed by atoms with Gasteiger partial charge in [0.25, 0.3) is 0 Å². The number of carbonyl (C=O) groups excluding carboxylic acids is 1. The van der Waals surface area contributed by atoms with E-state index in [0.717, 1.165) is 47.8 Å². The molecule has 1 fully saturated rings. The molecule has 1 amide bonds. The van der Waals surface area contributed by atoms with Crippen LogP contribution >= 0.6 is 0 Å². The van der Waals surface area contributed by atoms with Crippen LogP contribution in [-0.2, 0) is 11.2 Å². The molecule has 1 aromatic carbocycles. The number of rotatable bonds is 6. The summed E-state index contributed by atoms with van der Waals surface area (Å²) >= 11 is 0. The lowest BCUT2D eigenvalue weighted by Crippen LogP contribution is -2.40. The maximum Gasteiger partial charge on any atom is 0.224 e. The molecule has 4 nitrogen and oxygen atoms in total. The summed E-state index contributed by atoms with van der Waals surface area (Å²) in [5.74, 6) is 1.70. The number of fused-ring (bicyclic) bond motifs is 1. The van der Waals surface area contributed by atoms with E-state index in [2.05, 4.69) is 35.1 Å². The molecule has 24 heavy (non-hydrogen) atoms. The van der Waals surface area contributed by atoms with Gasteiger partial charge in [0, 0.05) is 36.7 Å². The second kappa shape index (κ2) is 7.84. The Labute approximate surface area is 144 Å². The van der Waals surface area contributed by atoms with Crippen LogP contribution in [0, 0.1) is 11.8 Å². The van der Waals surface area contributed by atoms with Crippen molar-refractivity contribution in [1.82, 2.24) is 15.2 Å². The molecule has 1 saturated heterocycles. The zero-order valence-electron chi connectivity index (χ0n) is 14.8. The van der Waals surface area contributed by atoms with Gasteiger partial charge < -0.3 is 15.2 Å². The number of nitrogens with zero attached hydrogens (tertiary/aromatic N) is 1. The van der Waals surface area contributed by atoms with Gasteiger partial charge in [0.05, 0.1) is 6.42 Å². The second-order valence-corrected chi connectivity index (χ2v) is 7.45. The molecule has 1 aliphatic rings. The lowest BCUT2D eigenvalue weighted by Gasteiger charge is -2.34. The first kappa shape index (κ1) is 17.0. The fourth-order valence-electron chi connectivity index (χ4n) is 4.02. The van der Waals surface area contributed by atoms with E-state index in [-0.39, 0.29) is 5.91 Å². The molecular formula is C20H29N3O. The quantitative estimate of drug-likeness (QED) is 0.801. The Balaban J connectivity index is 1.40. The number of likely N-dealkylation sites (tertiary alicyclic amines) is 1. The number of amides is 1. The van der Waals surface area contributed by atoms with Gasteiger partial charge in [-0.25, -0.2) is 0 Å². The van der Waals surface area contributed by atoms with E-state index in [1.54, 1.807) is 0 Å². The van der Waals surface area contributed by atoms with Crippen molar-refractivity contribution in [3.63, 3.8) is 0 Å². The van der Waals surface area contributed by atoms with Crippen LogP contribution in [-0.4, -0.2) is 42.0 Å². The highest BCUT2D eigenvalue weighted by molar-refractivity contribution is 5.88. The van der Waals surface area contributed by atoms with Gasteiger partial charge in [-0.1, -0.05) is 32.0 Å². The number of para-hydroxylation sites is 1. The summed E-state index contributed by atoms with van der Waals surface area (Å²) in [6.45, 7) is 8.93. The van der Waals surface area contributed by atoms with E-state index >= 15 is 0 Å².